The summed E-state index contributed by atoms with van der Waals surface area (Å²) < 4.78 is 13.7. The van der Waals surface area contributed by atoms with Crippen molar-refractivity contribution in [3.05, 3.63) is 119 Å². The summed E-state index contributed by atoms with van der Waals surface area (Å²) in [6, 6.07) is 28.4. The van der Waals surface area contributed by atoms with Crippen molar-refractivity contribution in [2.45, 2.75) is 36.6 Å². The summed E-state index contributed by atoms with van der Waals surface area (Å²) in [5, 5.41) is 3.00. The van der Waals surface area contributed by atoms with Crippen LogP contribution in [0.25, 0.3) is 0 Å². The van der Waals surface area contributed by atoms with Gasteiger partial charge in [0.1, 0.15) is 0 Å². The van der Waals surface area contributed by atoms with E-state index in [4.69, 9.17) is 0 Å². The number of hydrogen-bond donors (Lipinski definition) is 1. The quantitative estimate of drug-likeness (QED) is 0.278. The van der Waals surface area contributed by atoms with E-state index in [1.807, 2.05) is 51.2 Å². The van der Waals surface area contributed by atoms with Gasteiger partial charge in [0.05, 0.1) is 38.4 Å². The maximum atomic E-state index is 13.9. The number of fused-ring (bicyclic) bond motifs is 2. The lowest BCUT2D eigenvalue weighted by Crippen LogP contribution is -2.31. The average molecular weight is 552 g/mol. The molecule has 0 saturated heterocycles. The van der Waals surface area contributed by atoms with Crippen molar-refractivity contribution >= 4 is 34.0 Å². The van der Waals surface area contributed by atoms with Crippen molar-refractivity contribution in [3.63, 3.8) is 0 Å². The molecule has 0 aromatic heterocycles. The van der Waals surface area contributed by atoms with Crippen LogP contribution in [0.1, 0.15) is 43.8 Å². The van der Waals surface area contributed by atoms with Gasteiger partial charge in [-0.05, 0) is 73.9 Å². The van der Waals surface area contributed by atoms with Crippen LogP contribution in [0.3, 0.4) is 0 Å². The number of benzene rings is 4. The van der Waals surface area contributed by atoms with Crippen molar-refractivity contribution < 1.29 is 13.8 Å². The van der Waals surface area contributed by atoms with Crippen LogP contribution in [-0.2, 0) is 17.3 Å². The van der Waals surface area contributed by atoms with Gasteiger partial charge in [-0.15, -0.1) is 0 Å². The zero-order chi connectivity index (χ0) is 28.2. The Morgan fingerprint density at radius 3 is 2.45 bits per heavy atom. The van der Waals surface area contributed by atoms with Crippen LogP contribution in [0, 0.1) is 13.8 Å². The van der Waals surface area contributed by atoms with E-state index in [-0.39, 0.29) is 11.8 Å². The van der Waals surface area contributed by atoms with E-state index in [9.17, 15) is 13.8 Å². The molecule has 1 aliphatic heterocycles. The lowest BCUT2D eigenvalue weighted by molar-refractivity contribution is 0.0949. The zero-order valence-electron chi connectivity index (χ0n) is 23.0. The van der Waals surface area contributed by atoms with Gasteiger partial charge in [0.25, 0.3) is 11.8 Å². The summed E-state index contributed by atoms with van der Waals surface area (Å²) in [7, 11) is 0.463. The average Bonchev–Trinajstić information content (AvgIpc) is 3.06. The molecule has 2 amide bonds. The molecule has 6 nitrogen and oxygen atoms in total. The van der Waals surface area contributed by atoms with Gasteiger partial charge in [0.2, 0.25) is 0 Å². The monoisotopic (exact) mass is 551 g/mol. The molecule has 0 saturated carbocycles. The van der Waals surface area contributed by atoms with Gasteiger partial charge in [-0.2, -0.15) is 0 Å². The Morgan fingerprint density at radius 1 is 0.900 bits per heavy atom. The highest BCUT2D eigenvalue weighted by Crippen LogP contribution is 2.36. The highest BCUT2D eigenvalue weighted by atomic mass is 32.2. The van der Waals surface area contributed by atoms with Crippen LogP contribution in [0.4, 0.5) is 11.4 Å². The van der Waals surface area contributed by atoms with E-state index in [1.54, 1.807) is 47.4 Å². The Kier molecular flexibility index (Phi) is 8.12. The van der Waals surface area contributed by atoms with Crippen LogP contribution < -0.4 is 15.1 Å². The van der Waals surface area contributed by atoms with Gasteiger partial charge in [-0.25, -0.2) is 4.21 Å². The van der Waals surface area contributed by atoms with Crippen molar-refractivity contribution in [3.8, 4) is 0 Å². The predicted molar refractivity (Wildman–Crippen MR) is 161 cm³/mol. The minimum atomic E-state index is -1.57. The highest BCUT2D eigenvalue weighted by Gasteiger charge is 2.31. The number of carbonyl (C=O) groups is 2. The predicted octanol–water partition coefficient (Wildman–Crippen LogP) is 5.89. The van der Waals surface area contributed by atoms with E-state index >= 15 is 0 Å². The molecule has 0 spiro atoms. The maximum Gasteiger partial charge on any atom is 0.259 e. The number of nitrogens with zero attached hydrogens (tertiary/aromatic N) is 2. The molecule has 1 N–H and O–H groups in total. The molecular formula is C33H33N3O3S. The fourth-order valence-corrected chi connectivity index (χ4v) is 6.28. The molecule has 0 bridgehead atoms. The van der Waals surface area contributed by atoms with Gasteiger partial charge in [-0.3, -0.25) is 9.59 Å². The topological polar surface area (TPSA) is 69.7 Å². The van der Waals surface area contributed by atoms with Crippen LogP contribution >= 0.6 is 0 Å². The molecule has 7 heteroatoms. The molecule has 4 aromatic carbocycles. The molecule has 1 heterocycles. The normalized spacial score (nSPS) is 14.2. The second-order valence-corrected chi connectivity index (χ2v) is 11.6. The molecule has 0 radical (unpaired) electrons. The molecular weight excluding hydrogens is 518 g/mol. The number of carbonyl (C=O) groups excluding carboxylic acids is 2. The largest absolute Gasteiger partial charge is 0.375 e. The fraction of sp³-hybridized carbons (Fsp3) is 0.212. The second kappa shape index (κ2) is 11.9. The number of hydrogen-bond acceptors (Lipinski definition) is 4. The third-order valence-corrected chi connectivity index (χ3v) is 8.76. The summed E-state index contributed by atoms with van der Waals surface area (Å²) in [6.45, 7) is 5.65. The first kappa shape index (κ1) is 27.3. The summed E-state index contributed by atoms with van der Waals surface area (Å²) in [5.74, 6) is -0.457. The third-order valence-electron chi connectivity index (χ3n) is 7.26. The van der Waals surface area contributed by atoms with Gasteiger partial charge in [0.15, 0.2) is 0 Å². The van der Waals surface area contributed by atoms with E-state index in [2.05, 4.69) is 28.4 Å². The molecule has 1 unspecified atom stereocenters. The van der Waals surface area contributed by atoms with Crippen LogP contribution in [-0.4, -0.2) is 36.2 Å². The number of para-hydroxylation sites is 1. The molecule has 204 valence electrons. The zero-order valence-corrected chi connectivity index (χ0v) is 23.8. The van der Waals surface area contributed by atoms with Crippen molar-refractivity contribution in [2.24, 2.45) is 0 Å². The summed E-state index contributed by atoms with van der Waals surface area (Å²) >= 11 is 0. The molecule has 5 rings (SSSR count). The van der Waals surface area contributed by atoms with Gasteiger partial charge in [0, 0.05) is 31.4 Å². The molecule has 0 fully saturated rings. The van der Waals surface area contributed by atoms with Gasteiger partial charge >= 0.3 is 0 Å². The Hall–Kier alpha value is -4.23. The van der Waals surface area contributed by atoms with E-state index in [0.29, 0.717) is 39.7 Å². The SMILES string of the molecule is Cc1ccc(C)c(CN2C(=O)c3ccccc3S(=O)c3ccc(C(=O)NCCCN(C)c4ccccc4)cc32)c1. The van der Waals surface area contributed by atoms with Crippen molar-refractivity contribution in [1.29, 1.82) is 0 Å². The minimum absolute atomic E-state index is 0.225. The van der Waals surface area contributed by atoms with E-state index < -0.39 is 10.8 Å². The third kappa shape index (κ3) is 5.70. The lowest BCUT2D eigenvalue weighted by atomic mass is 10.0. The lowest BCUT2D eigenvalue weighted by Gasteiger charge is -2.24. The molecule has 0 aliphatic carbocycles. The Morgan fingerprint density at radius 2 is 1.65 bits per heavy atom. The van der Waals surface area contributed by atoms with Crippen LogP contribution in [0.15, 0.2) is 101 Å². The Balaban J connectivity index is 1.40. The van der Waals surface area contributed by atoms with Crippen molar-refractivity contribution in [1.82, 2.24) is 5.32 Å². The second-order valence-electron chi connectivity index (χ2n) is 10.1. The fourth-order valence-electron chi connectivity index (χ4n) is 4.93. The van der Waals surface area contributed by atoms with Crippen molar-refractivity contribution in [2.75, 3.05) is 29.9 Å². The summed E-state index contributed by atoms with van der Waals surface area (Å²) in [6.07, 6.45) is 0.776. The number of rotatable bonds is 8. The number of aryl methyl sites for hydroxylation is 2. The summed E-state index contributed by atoms with van der Waals surface area (Å²) in [5.41, 5.74) is 5.62. The summed E-state index contributed by atoms with van der Waals surface area (Å²) in [4.78, 5) is 31.9. The molecule has 1 atom stereocenters. The standard InChI is InChI=1S/C33H33N3O3S/c1-23-14-15-24(2)26(20-23)22-36-29-21-25(32(37)34-18-9-19-35(3)27-10-5-4-6-11-27)16-17-31(29)40(39)30-13-8-7-12-28(30)33(36)38/h4-8,10-17,20-21H,9,18-19,22H2,1-3H3,(H,34,37). The molecule has 40 heavy (non-hydrogen) atoms. The highest BCUT2D eigenvalue weighted by molar-refractivity contribution is 7.85. The van der Waals surface area contributed by atoms with Gasteiger partial charge in [-0.1, -0.05) is 54.1 Å². The Labute approximate surface area is 238 Å². The van der Waals surface area contributed by atoms with E-state index in [1.165, 1.54) is 0 Å². The number of anilines is 2. The first-order valence-corrected chi connectivity index (χ1v) is 14.6. The first-order chi connectivity index (χ1) is 19.3. The maximum absolute atomic E-state index is 13.9. The minimum Gasteiger partial charge on any atom is -0.375 e. The number of nitrogens with one attached hydrogen (secondary N) is 1. The van der Waals surface area contributed by atoms with Crippen LogP contribution in [0.5, 0.6) is 0 Å². The van der Waals surface area contributed by atoms with Crippen LogP contribution in [0.2, 0.25) is 0 Å². The number of amides is 2. The smallest absolute Gasteiger partial charge is 0.259 e. The Bertz CT molecular complexity index is 1590. The molecule has 1 aliphatic rings. The first-order valence-electron chi connectivity index (χ1n) is 13.4. The molecule has 4 aromatic rings. The van der Waals surface area contributed by atoms with Gasteiger partial charge < -0.3 is 15.1 Å². The van der Waals surface area contributed by atoms with E-state index in [0.717, 1.165) is 35.3 Å².